The van der Waals surface area contributed by atoms with Gasteiger partial charge in [-0.2, -0.15) is 0 Å². The summed E-state index contributed by atoms with van der Waals surface area (Å²) in [6, 6.07) is 7.64. The highest BCUT2D eigenvalue weighted by molar-refractivity contribution is 5.92. The maximum atomic E-state index is 11.7. The fourth-order valence-electron chi connectivity index (χ4n) is 1.40. The van der Waals surface area contributed by atoms with E-state index in [4.69, 9.17) is 4.74 Å². The highest BCUT2D eigenvalue weighted by Gasteiger charge is 2.11. The molecular formula is C14H22N2O2. The molecule has 18 heavy (non-hydrogen) atoms. The molecule has 0 heterocycles. The van der Waals surface area contributed by atoms with Gasteiger partial charge in [0.1, 0.15) is 0 Å². The first kappa shape index (κ1) is 14.7. The minimum Gasteiger partial charge on any atom is -0.380 e. The molecule has 1 aromatic carbocycles. The van der Waals surface area contributed by atoms with E-state index in [1.807, 2.05) is 45.0 Å². The minimum absolute atomic E-state index is 0.0376. The second-order valence-corrected chi connectivity index (χ2v) is 5.28. The van der Waals surface area contributed by atoms with Crippen molar-refractivity contribution in [2.24, 2.45) is 0 Å². The lowest BCUT2D eigenvalue weighted by Crippen LogP contribution is -2.41. The molecule has 4 heteroatoms. The topological polar surface area (TPSA) is 50.4 Å². The average Bonchev–Trinajstić information content (AvgIpc) is 2.29. The summed E-state index contributed by atoms with van der Waals surface area (Å²) >= 11 is 0. The third kappa shape index (κ3) is 5.80. The Hall–Kier alpha value is -1.39. The molecule has 0 fully saturated rings. The number of methoxy groups -OCH3 is 1. The zero-order valence-electron chi connectivity index (χ0n) is 11.5. The lowest BCUT2D eigenvalue weighted by atomic mass is 10.1. The molecule has 0 aliphatic carbocycles. The Labute approximate surface area is 109 Å². The second-order valence-electron chi connectivity index (χ2n) is 5.28. The highest BCUT2D eigenvalue weighted by atomic mass is 16.5. The predicted octanol–water partition coefficient (Wildman–Crippen LogP) is 2.16. The Bertz CT molecular complexity index is 380. The standard InChI is InChI=1S/C14H22N2O2/c1-14(2,3)15-9-13(17)16-12-7-5-11(6-8-12)10-18-4/h5-8,15H,9-10H2,1-4H3,(H,16,17). The summed E-state index contributed by atoms with van der Waals surface area (Å²) in [5, 5.41) is 5.98. The summed E-state index contributed by atoms with van der Waals surface area (Å²) in [7, 11) is 1.66. The number of ether oxygens (including phenoxy) is 1. The number of rotatable bonds is 5. The van der Waals surface area contributed by atoms with Crippen molar-refractivity contribution < 1.29 is 9.53 Å². The van der Waals surface area contributed by atoms with Gasteiger partial charge in [-0.25, -0.2) is 0 Å². The molecule has 2 N–H and O–H groups in total. The van der Waals surface area contributed by atoms with E-state index in [0.717, 1.165) is 11.3 Å². The van der Waals surface area contributed by atoms with Crippen molar-refractivity contribution in [1.82, 2.24) is 5.32 Å². The van der Waals surface area contributed by atoms with E-state index < -0.39 is 0 Å². The van der Waals surface area contributed by atoms with Gasteiger partial charge in [0.05, 0.1) is 13.2 Å². The van der Waals surface area contributed by atoms with Crippen LogP contribution in [-0.2, 0) is 16.1 Å². The van der Waals surface area contributed by atoms with Gasteiger partial charge >= 0.3 is 0 Å². The molecule has 0 atom stereocenters. The van der Waals surface area contributed by atoms with E-state index in [0.29, 0.717) is 13.2 Å². The summed E-state index contributed by atoms with van der Waals surface area (Å²) in [4.78, 5) is 11.7. The first-order valence-electron chi connectivity index (χ1n) is 6.03. The number of anilines is 1. The van der Waals surface area contributed by atoms with Gasteiger partial charge in [-0.1, -0.05) is 12.1 Å². The van der Waals surface area contributed by atoms with E-state index >= 15 is 0 Å². The summed E-state index contributed by atoms with van der Waals surface area (Å²) in [5.74, 6) is -0.0376. The van der Waals surface area contributed by atoms with Gasteiger partial charge in [0.25, 0.3) is 0 Å². The number of carbonyl (C=O) groups is 1. The van der Waals surface area contributed by atoms with E-state index in [2.05, 4.69) is 10.6 Å². The molecule has 4 nitrogen and oxygen atoms in total. The van der Waals surface area contributed by atoms with Crippen molar-refractivity contribution in [2.45, 2.75) is 32.9 Å². The van der Waals surface area contributed by atoms with Crippen molar-refractivity contribution >= 4 is 11.6 Å². The van der Waals surface area contributed by atoms with Crippen LogP contribution in [-0.4, -0.2) is 25.1 Å². The van der Waals surface area contributed by atoms with Gasteiger partial charge in [0.2, 0.25) is 5.91 Å². The van der Waals surface area contributed by atoms with Crippen LogP contribution in [0, 0.1) is 0 Å². The molecule has 0 saturated carbocycles. The Morgan fingerprint density at radius 1 is 1.22 bits per heavy atom. The molecule has 1 rings (SSSR count). The molecule has 0 saturated heterocycles. The molecule has 0 aliphatic heterocycles. The number of carbonyl (C=O) groups excluding carboxylic acids is 1. The first-order valence-corrected chi connectivity index (χ1v) is 6.03. The van der Waals surface area contributed by atoms with Crippen LogP contribution in [0.4, 0.5) is 5.69 Å². The quantitative estimate of drug-likeness (QED) is 0.842. The van der Waals surface area contributed by atoms with Crippen molar-refractivity contribution in [3.8, 4) is 0 Å². The van der Waals surface area contributed by atoms with Gasteiger partial charge < -0.3 is 15.4 Å². The maximum Gasteiger partial charge on any atom is 0.238 e. The highest BCUT2D eigenvalue weighted by Crippen LogP contribution is 2.10. The number of benzene rings is 1. The zero-order valence-corrected chi connectivity index (χ0v) is 11.5. The fourth-order valence-corrected chi connectivity index (χ4v) is 1.40. The molecule has 100 valence electrons. The van der Waals surface area contributed by atoms with Crippen LogP contribution in [0.1, 0.15) is 26.3 Å². The predicted molar refractivity (Wildman–Crippen MR) is 73.5 cm³/mol. The van der Waals surface area contributed by atoms with Crippen LogP contribution in [0.15, 0.2) is 24.3 Å². The molecule has 0 unspecified atom stereocenters. The minimum atomic E-state index is -0.0559. The van der Waals surface area contributed by atoms with Gasteiger partial charge in [0.15, 0.2) is 0 Å². The average molecular weight is 250 g/mol. The van der Waals surface area contributed by atoms with Gasteiger partial charge in [-0.05, 0) is 38.5 Å². The number of amides is 1. The Kier molecular flexibility index (Phi) is 5.31. The van der Waals surface area contributed by atoms with E-state index in [-0.39, 0.29) is 11.4 Å². The van der Waals surface area contributed by atoms with Crippen molar-refractivity contribution in [1.29, 1.82) is 0 Å². The monoisotopic (exact) mass is 250 g/mol. The zero-order chi connectivity index (χ0) is 13.6. The third-order valence-electron chi connectivity index (χ3n) is 2.33. The van der Waals surface area contributed by atoms with Crippen LogP contribution >= 0.6 is 0 Å². The van der Waals surface area contributed by atoms with E-state index in [9.17, 15) is 4.79 Å². The largest absolute Gasteiger partial charge is 0.380 e. The van der Waals surface area contributed by atoms with Crippen molar-refractivity contribution in [3.05, 3.63) is 29.8 Å². The van der Waals surface area contributed by atoms with Crippen molar-refractivity contribution in [2.75, 3.05) is 19.0 Å². The Morgan fingerprint density at radius 2 is 1.83 bits per heavy atom. The third-order valence-corrected chi connectivity index (χ3v) is 2.33. The Balaban J connectivity index is 2.44. The SMILES string of the molecule is COCc1ccc(NC(=O)CNC(C)(C)C)cc1. The molecule has 0 spiro atoms. The molecule has 0 aliphatic rings. The van der Waals surface area contributed by atoms with Gasteiger partial charge in [0, 0.05) is 18.3 Å². The molecular weight excluding hydrogens is 228 g/mol. The van der Waals surface area contributed by atoms with Crippen molar-refractivity contribution in [3.63, 3.8) is 0 Å². The normalized spacial score (nSPS) is 11.3. The van der Waals surface area contributed by atoms with Crippen LogP contribution < -0.4 is 10.6 Å². The lowest BCUT2D eigenvalue weighted by Gasteiger charge is -2.20. The molecule has 1 amide bonds. The molecule has 0 bridgehead atoms. The van der Waals surface area contributed by atoms with E-state index in [1.54, 1.807) is 7.11 Å². The van der Waals surface area contributed by atoms with E-state index in [1.165, 1.54) is 0 Å². The Morgan fingerprint density at radius 3 is 2.33 bits per heavy atom. The number of nitrogens with one attached hydrogen (secondary N) is 2. The molecule has 0 aromatic heterocycles. The summed E-state index contributed by atoms with van der Waals surface area (Å²) in [6.45, 7) is 6.97. The lowest BCUT2D eigenvalue weighted by molar-refractivity contribution is -0.115. The number of hydrogen-bond acceptors (Lipinski definition) is 3. The fraction of sp³-hybridized carbons (Fsp3) is 0.500. The molecule has 0 radical (unpaired) electrons. The second kappa shape index (κ2) is 6.52. The summed E-state index contributed by atoms with van der Waals surface area (Å²) < 4.78 is 5.03. The first-order chi connectivity index (χ1) is 8.40. The van der Waals surface area contributed by atoms with Crippen LogP contribution in [0.3, 0.4) is 0 Å². The van der Waals surface area contributed by atoms with Crippen LogP contribution in [0.2, 0.25) is 0 Å². The summed E-state index contributed by atoms with van der Waals surface area (Å²) in [5.41, 5.74) is 1.83. The van der Waals surface area contributed by atoms with Crippen LogP contribution in [0.5, 0.6) is 0 Å². The smallest absolute Gasteiger partial charge is 0.238 e. The number of hydrogen-bond donors (Lipinski definition) is 2. The molecule has 1 aromatic rings. The van der Waals surface area contributed by atoms with Gasteiger partial charge in [-0.15, -0.1) is 0 Å². The van der Waals surface area contributed by atoms with Crippen LogP contribution in [0.25, 0.3) is 0 Å². The summed E-state index contributed by atoms with van der Waals surface area (Å²) in [6.07, 6.45) is 0. The van der Waals surface area contributed by atoms with Gasteiger partial charge in [-0.3, -0.25) is 4.79 Å². The maximum absolute atomic E-state index is 11.7.